The van der Waals surface area contributed by atoms with Crippen LogP contribution in [-0.4, -0.2) is 31.1 Å². The molecule has 1 aromatic carbocycles. The molecular weight excluding hydrogens is 354 g/mol. The number of hydrogen-bond donors (Lipinski definition) is 1. The van der Waals surface area contributed by atoms with Crippen molar-refractivity contribution in [3.8, 4) is 5.75 Å². The van der Waals surface area contributed by atoms with E-state index in [4.69, 9.17) is 9.47 Å². The summed E-state index contributed by atoms with van der Waals surface area (Å²) < 4.78 is 10.6. The van der Waals surface area contributed by atoms with Crippen molar-refractivity contribution >= 4 is 11.9 Å². The third-order valence-electron chi connectivity index (χ3n) is 7.06. The van der Waals surface area contributed by atoms with Crippen LogP contribution in [0.25, 0.3) is 0 Å². The molecule has 1 aromatic rings. The van der Waals surface area contributed by atoms with Gasteiger partial charge in [-0.3, -0.25) is 9.59 Å². The number of esters is 1. The minimum Gasteiger partial charge on any atom is -0.493 e. The first-order valence-electron chi connectivity index (χ1n) is 10.7. The van der Waals surface area contributed by atoms with E-state index in [1.54, 1.807) is 0 Å². The van der Waals surface area contributed by atoms with E-state index in [1.807, 2.05) is 30.3 Å². The molecule has 1 atom stereocenters. The summed E-state index contributed by atoms with van der Waals surface area (Å²) in [4.78, 5) is 24.2. The number of nitrogens with one attached hydrogen (secondary N) is 1. The van der Waals surface area contributed by atoms with E-state index in [-0.39, 0.29) is 37.0 Å². The third-order valence-corrected chi connectivity index (χ3v) is 7.06. The summed E-state index contributed by atoms with van der Waals surface area (Å²) in [6.45, 7) is 2.18. The smallest absolute Gasteiger partial charge is 0.309 e. The third kappa shape index (κ3) is 4.34. The van der Waals surface area contributed by atoms with E-state index >= 15 is 0 Å². The van der Waals surface area contributed by atoms with Crippen LogP contribution in [0.1, 0.15) is 51.9 Å². The minimum absolute atomic E-state index is 0.132. The molecule has 0 radical (unpaired) electrons. The molecule has 0 spiro atoms. The number of hydrogen-bond acceptors (Lipinski definition) is 4. The zero-order valence-corrected chi connectivity index (χ0v) is 16.7. The van der Waals surface area contributed by atoms with E-state index in [1.165, 1.54) is 38.5 Å². The highest BCUT2D eigenvalue weighted by molar-refractivity contribution is 5.80. The van der Waals surface area contributed by atoms with Gasteiger partial charge in [0.2, 0.25) is 0 Å². The molecule has 0 aliphatic heterocycles. The number of para-hydroxylation sites is 1. The average Bonchev–Trinajstić information content (AvgIpc) is 2.66. The van der Waals surface area contributed by atoms with Gasteiger partial charge in [0.1, 0.15) is 5.75 Å². The van der Waals surface area contributed by atoms with Crippen molar-refractivity contribution in [2.45, 2.75) is 57.9 Å². The van der Waals surface area contributed by atoms with E-state index in [0.717, 1.165) is 23.5 Å². The quantitative estimate of drug-likeness (QED) is 0.693. The summed E-state index contributed by atoms with van der Waals surface area (Å²) in [5.41, 5.74) is 0.262. The highest BCUT2D eigenvalue weighted by Crippen LogP contribution is 2.61. The Morgan fingerprint density at radius 2 is 1.68 bits per heavy atom. The molecule has 0 saturated heterocycles. The first kappa shape index (κ1) is 19.3. The van der Waals surface area contributed by atoms with Crippen molar-refractivity contribution in [1.29, 1.82) is 0 Å². The molecule has 1 N–H and O–H groups in total. The Balaban J connectivity index is 1.18. The normalized spacial score (nSPS) is 31.2. The highest BCUT2D eigenvalue weighted by Gasteiger charge is 2.53. The number of ether oxygens (including phenoxy) is 2. The number of rotatable bonds is 8. The fourth-order valence-electron chi connectivity index (χ4n) is 6.13. The Morgan fingerprint density at radius 1 is 1.07 bits per heavy atom. The van der Waals surface area contributed by atoms with E-state index in [2.05, 4.69) is 12.2 Å². The van der Waals surface area contributed by atoms with Gasteiger partial charge in [-0.25, -0.2) is 0 Å². The van der Waals surface area contributed by atoms with Crippen LogP contribution in [0.3, 0.4) is 0 Å². The van der Waals surface area contributed by atoms with Crippen molar-refractivity contribution in [1.82, 2.24) is 5.32 Å². The Kier molecular flexibility index (Phi) is 5.61. The number of carbonyl (C=O) groups excluding carboxylic acids is 2. The maximum absolute atomic E-state index is 12.3. The summed E-state index contributed by atoms with van der Waals surface area (Å²) in [6.07, 6.45) is 8.05. The van der Waals surface area contributed by atoms with E-state index in [9.17, 15) is 9.59 Å². The summed E-state index contributed by atoms with van der Waals surface area (Å²) in [5, 5.41) is 3.13. The molecule has 0 unspecified atom stereocenters. The summed E-state index contributed by atoms with van der Waals surface area (Å²) >= 11 is 0. The van der Waals surface area contributed by atoms with Crippen LogP contribution < -0.4 is 10.1 Å². The molecule has 5 rings (SSSR count). The lowest BCUT2D eigenvalue weighted by Crippen LogP contribution is -2.56. The zero-order chi connectivity index (χ0) is 19.6. The van der Waals surface area contributed by atoms with Crippen LogP contribution in [-0.2, 0) is 14.3 Å². The SMILES string of the molecule is C[C@@H](NC(=O)COC(=O)CCOc1ccccc1)C12CC3CC(CC(C3)C1)C2. The summed E-state index contributed by atoms with van der Waals surface area (Å²) in [7, 11) is 0. The fraction of sp³-hybridized carbons (Fsp3) is 0.652. The van der Waals surface area contributed by atoms with Crippen molar-refractivity contribution in [2.24, 2.45) is 23.2 Å². The molecule has 0 heterocycles. The predicted octanol–water partition coefficient (Wildman–Crippen LogP) is 3.72. The molecule has 5 heteroatoms. The molecule has 28 heavy (non-hydrogen) atoms. The van der Waals surface area contributed by atoms with Crippen LogP contribution in [0, 0.1) is 23.2 Å². The van der Waals surface area contributed by atoms with Gasteiger partial charge in [-0.1, -0.05) is 18.2 Å². The Labute approximate surface area is 167 Å². The first-order chi connectivity index (χ1) is 13.5. The van der Waals surface area contributed by atoms with Gasteiger partial charge in [0.05, 0.1) is 13.0 Å². The van der Waals surface area contributed by atoms with Crippen LogP contribution in [0.2, 0.25) is 0 Å². The van der Waals surface area contributed by atoms with Gasteiger partial charge in [-0.2, -0.15) is 0 Å². The molecule has 4 aliphatic carbocycles. The lowest BCUT2D eigenvalue weighted by atomic mass is 9.48. The van der Waals surface area contributed by atoms with Gasteiger partial charge in [-0.15, -0.1) is 0 Å². The molecule has 5 nitrogen and oxygen atoms in total. The molecular formula is C23H31NO4. The van der Waals surface area contributed by atoms with E-state index in [0.29, 0.717) is 0 Å². The Morgan fingerprint density at radius 3 is 2.29 bits per heavy atom. The molecule has 0 aromatic heterocycles. The molecule has 1 amide bonds. The van der Waals surface area contributed by atoms with Gasteiger partial charge >= 0.3 is 5.97 Å². The van der Waals surface area contributed by atoms with Crippen LogP contribution in [0.15, 0.2) is 30.3 Å². The minimum atomic E-state index is -0.409. The standard InChI is InChI=1S/C23H31NO4/c1-16(23-12-17-9-18(13-23)11-19(10-17)14-23)24-21(25)15-28-22(26)7-8-27-20-5-3-2-4-6-20/h2-6,16-19H,7-15H2,1H3,(H,24,25)/t16-,17?,18?,19?,23?/m1/s1. The average molecular weight is 386 g/mol. The monoisotopic (exact) mass is 385 g/mol. The maximum Gasteiger partial charge on any atom is 0.309 e. The van der Waals surface area contributed by atoms with Crippen molar-refractivity contribution in [3.63, 3.8) is 0 Å². The predicted molar refractivity (Wildman–Crippen MR) is 106 cm³/mol. The lowest BCUT2D eigenvalue weighted by molar-refractivity contribution is -0.150. The largest absolute Gasteiger partial charge is 0.493 e. The molecule has 4 fully saturated rings. The lowest BCUT2D eigenvalue weighted by Gasteiger charge is -2.59. The van der Waals surface area contributed by atoms with E-state index < -0.39 is 5.97 Å². The second-order valence-corrected chi connectivity index (χ2v) is 9.14. The van der Waals surface area contributed by atoms with Crippen molar-refractivity contribution in [2.75, 3.05) is 13.2 Å². The maximum atomic E-state index is 12.3. The molecule has 4 bridgehead atoms. The fourth-order valence-corrected chi connectivity index (χ4v) is 6.13. The topological polar surface area (TPSA) is 64.6 Å². The zero-order valence-electron chi connectivity index (χ0n) is 16.7. The van der Waals surface area contributed by atoms with Gasteiger partial charge in [0.25, 0.3) is 5.91 Å². The van der Waals surface area contributed by atoms with Gasteiger partial charge in [-0.05, 0) is 80.8 Å². The second kappa shape index (κ2) is 8.14. The molecule has 4 saturated carbocycles. The second-order valence-electron chi connectivity index (χ2n) is 9.14. The number of carbonyl (C=O) groups is 2. The van der Waals surface area contributed by atoms with Gasteiger partial charge in [0, 0.05) is 6.04 Å². The Hall–Kier alpha value is -2.04. The van der Waals surface area contributed by atoms with Crippen LogP contribution >= 0.6 is 0 Å². The Bertz CT molecular complexity index is 667. The van der Waals surface area contributed by atoms with Crippen molar-refractivity contribution in [3.05, 3.63) is 30.3 Å². The summed E-state index contributed by atoms with van der Waals surface area (Å²) in [6, 6.07) is 9.49. The highest BCUT2D eigenvalue weighted by atomic mass is 16.5. The first-order valence-corrected chi connectivity index (χ1v) is 10.7. The van der Waals surface area contributed by atoms with Crippen molar-refractivity contribution < 1.29 is 19.1 Å². The van der Waals surface area contributed by atoms with Gasteiger partial charge in [0.15, 0.2) is 6.61 Å². The van der Waals surface area contributed by atoms with Gasteiger partial charge < -0.3 is 14.8 Å². The van der Waals surface area contributed by atoms with Crippen LogP contribution in [0.5, 0.6) is 5.75 Å². The molecule has 152 valence electrons. The van der Waals surface area contributed by atoms with Crippen LogP contribution in [0.4, 0.5) is 0 Å². The number of amides is 1. The number of benzene rings is 1. The summed E-state index contributed by atoms with van der Waals surface area (Å²) in [5.74, 6) is 2.68. The molecule has 4 aliphatic rings.